The minimum Gasteiger partial charge on any atom is -0.493 e. The second kappa shape index (κ2) is 13.6. The number of hydrogen-bond acceptors (Lipinski definition) is 7. The highest BCUT2D eigenvalue weighted by molar-refractivity contribution is 6.09. The smallest absolute Gasteiger partial charge is 0.333 e. The van der Waals surface area contributed by atoms with Gasteiger partial charge in [-0.05, 0) is 62.4 Å². The van der Waals surface area contributed by atoms with Crippen molar-refractivity contribution in [3.8, 4) is 11.5 Å². The fraction of sp³-hybridized carbons (Fsp3) is 0.296. The molecule has 0 radical (unpaired) electrons. The largest absolute Gasteiger partial charge is 0.493 e. The number of hydrogen-bond donors (Lipinski definition) is 0. The van der Waals surface area contributed by atoms with Crippen molar-refractivity contribution in [1.82, 2.24) is 0 Å². The minimum atomic E-state index is -0.413. The van der Waals surface area contributed by atoms with Crippen LogP contribution in [0.5, 0.6) is 11.5 Å². The molecular weight excluding hydrogens is 436 g/mol. The molecular formula is C27H30O7. The molecule has 0 unspecified atom stereocenters. The van der Waals surface area contributed by atoms with Gasteiger partial charge in [-0.15, -0.1) is 0 Å². The van der Waals surface area contributed by atoms with Gasteiger partial charge >= 0.3 is 11.9 Å². The van der Waals surface area contributed by atoms with Crippen LogP contribution in [0.3, 0.4) is 0 Å². The molecule has 0 saturated carbocycles. The first-order valence-corrected chi connectivity index (χ1v) is 10.9. The summed E-state index contributed by atoms with van der Waals surface area (Å²) in [6.45, 7) is 11.5. The first-order valence-electron chi connectivity index (χ1n) is 10.9. The second-order valence-corrected chi connectivity index (χ2v) is 7.61. The molecule has 0 atom stereocenters. The fourth-order valence-corrected chi connectivity index (χ4v) is 2.65. The highest BCUT2D eigenvalue weighted by atomic mass is 16.5. The molecule has 34 heavy (non-hydrogen) atoms. The van der Waals surface area contributed by atoms with Gasteiger partial charge in [0.2, 0.25) is 0 Å². The lowest BCUT2D eigenvalue weighted by atomic mass is 10.0. The summed E-state index contributed by atoms with van der Waals surface area (Å²) >= 11 is 0. The Kier molecular flexibility index (Phi) is 10.6. The van der Waals surface area contributed by atoms with Crippen LogP contribution in [0.4, 0.5) is 0 Å². The van der Waals surface area contributed by atoms with E-state index in [0.29, 0.717) is 59.8 Å². The maximum Gasteiger partial charge on any atom is 0.333 e. The Morgan fingerprint density at radius 3 is 1.29 bits per heavy atom. The van der Waals surface area contributed by atoms with Crippen LogP contribution in [0.15, 0.2) is 72.8 Å². The van der Waals surface area contributed by atoms with Gasteiger partial charge in [0.1, 0.15) is 11.5 Å². The number of ketones is 1. The summed E-state index contributed by atoms with van der Waals surface area (Å²) in [4.78, 5) is 35.3. The zero-order valence-corrected chi connectivity index (χ0v) is 19.6. The molecule has 0 fully saturated rings. The molecule has 2 aromatic carbocycles. The van der Waals surface area contributed by atoms with E-state index in [2.05, 4.69) is 13.2 Å². The van der Waals surface area contributed by atoms with Crippen molar-refractivity contribution in [2.24, 2.45) is 0 Å². The minimum absolute atomic E-state index is 0.114. The van der Waals surface area contributed by atoms with E-state index in [9.17, 15) is 14.4 Å². The summed E-state index contributed by atoms with van der Waals surface area (Å²) in [5, 5.41) is 0. The Balaban J connectivity index is 1.74. The van der Waals surface area contributed by atoms with Gasteiger partial charge in [-0.25, -0.2) is 9.59 Å². The SMILES string of the molecule is C=C(C)C(=O)OCCCOc1ccc(C(=O)c2ccc(OCCCOC(=O)C(=C)C)cc2)cc1. The zero-order valence-electron chi connectivity index (χ0n) is 19.6. The predicted molar refractivity (Wildman–Crippen MR) is 128 cm³/mol. The van der Waals surface area contributed by atoms with E-state index in [4.69, 9.17) is 18.9 Å². The topological polar surface area (TPSA) is 88.1 Å². The highest BCUT2D eigenvalue weighted by Gasteiger charge is 2.10. The molecule has 0 N–H and O–H groups in total. The summed E-state index contributed by atoms with van der Waals surface area (Å²) in [5.74, 6) is 0.311. The van der Waals surface area contributed by atoms with Crippen LogP contribution >= 0.6 is 0 Å². The Hall–Kier alpha value is -3.87. The first-order chi connectivity index (χ1) is 16.3. The van der Waals surface area contributed by atoms with Crippen molar-refractivity contribution in [2.75, 3.05) is 26.4 Å². The van der Waals surface area contributed by atoms with Crippen LogP contribution < -0.4 is 9.47 Å². The lowest BCUT2D eigenvalue weighted by Gasteiger charge is -2.09. The summed E-state index contributed by atoms with van der Waals surface area (Å²) in [6.07, 6.45) is 1.10. The van der Waals surface area contributed by atoms with Crippen molar-refractivity contribution in [3.63, 3.8) is 0 Å². The molecule has 0 bridgehead atoms. The van der Waals surface area contributed by atoms with E-state index in [1.165, 1.54) is 0 Å². The van der Waals surface area contributed by atoms with Gasteiger partial charge in [0.15, 0.2) is 5.78 Å². The van der Waals surface area contributed by atoms with Crippen molar-refractivity contribution >= 4 is 17.7 Å². The average molecular weight is 467 g/mol. The normalized spacial score (nSPS) is 10.2. The van der Waals surface area contributed by atoms with E-state index in [-0.39, 0.29) is 19.0 Å². The van der Waals surface area contributed by atoms with Crippen LogP contribution in [-0.2, 0) is 19.1 Å². The number of benzene rings is 2. The molecule has 0 heterocycles. The summed E-state index contributed by atoms with van der Waals surface area (Å²) < 4.78 is 21.2. The molecule has 0 spiro atoms. The predicted octanol–water partition coefficient (Wildman–Crippen LogP) is 4.69. The molecule has 0 aliphatic rings. The molecule has 7 heteroatoms. The van der Waals surface area contributed by atoms with E-state index in [1.54, 1.807) is 62.4 Å². The van der Waals surface area contributed by atoms with Crippen LogP contribution in [0.25, 0.3) is 0 Å². The Morgan fingerprint density at radius 1 is 0.618 bits per heavy atom. The van der Waals surface area contributed by atoms with Gasteiger partial charge in [0.05, 0.1) is 26.4 Å². The summed E-state index contributed by atoms with van der Waals surface area (Å²) in [7, 11) is 0. The van der Waals surface area contributed by atoms with E-state index in [0.717, 1.165) is 0 Å². The molecule has 0 aliphatic carbocycles. The van der Waals surface area contributed by atoms with Gasteiger partial charge in [-0.2, -0.15) is 0 Å². The molecule has 7 nitrogen and oxygen atoms in total. The molecule has 180 valence electrons. The third-order valence-electron chi connectivity index (χ3n) is 4.51. The molecule has 0 amide bonds. The molecule has 0 saturated heterocycles. The molecule has 2 aromatic rings. The lowest BCUT2D eigenvalue weighted by molar-refractivity contribution is -0.140. The van der Waals surface area contributed by atoms with Crippen molar-refractivity contribution < 1.29 is 33.3 Å². The van der Waals surface area contributed by atoms with Gasteiger partial charge < -0.3 is 18.9 Å². The zero-order chi connectivity index (χ0) is 24.9. The third-order valence-corrected chi connectivity index (χ3v) is 4.51. The van der Waals surface area contributed by atoms with E-state index >= 15 is 0 Å². The molecule has 0 aliphatic heterocycles. The number of ether oxygens (including phenoxy) is 4. The average Bonchev–Trinajstić information content (AvgIpc) is 2.83. The Morgan fingerprint density at radius 2 is 0.971 bits per heavy atom. The van der Waals surface area contributed by atoms with Crippen molar-refractivity contribution in [3.05, 3.63) is 84.0 Å². The summed E-state index contributed by atoms with van der Waals surface area (Å²) in [6, 6.07) is 13.7. The number of carbonyl (C=O) groups is 3. The molecule has 0 aromatic heterocycles. The highest BCUT2D eigenvalue weighted by Crippen LogP contribution is 2.18. The van der Waals surface area contributed by atoms with Crippen LogP contribution in [0.1, 0.15) is 42.6 Å². The maximum absolute atomic E-state index is 12.7. The lowest BCUT2D eigenvalue weighted by Crippen LogP contribution is -2.09. The van der Waals surface area contributed by atoms with E-state index < -0.39 is 11.9 Å². The maximum atomic E-state index is 12.7. The monoisotopic (exact) mass is 466 g/mol. The van der Waals surface area contributed by atoms with Crippen molar-refractivity contribution in [1.29, 1.82) is 0 Å². The number of esters is 2. The van der Waals surface area contributed by atoms with Gasteiger partial charge in [-0.1, -0.05) is 13.2 Å². The van der Waals surface area contributed by atoms with E-state index in [1.807, 2.05) is 0 Å². The second-order valence-electron chi connectivity index (χ2n) is 7.61. The summed E-state index contributed by atoms with van der Waals surface area (Å²) in [5.41, 5.74) is 1.80. The third kappa shape index (κ3) is 8.94. The van der Waals surface area contributed by atoms with Gasteiger partial charge in [-0.3, -0.25) is 4.79 Å². The fourth-order valence-electron chi connectivity index (χ4n) is 2.65. The van der Waals surface area contributed by atoms with Crippen LogP contribution in [-0.4, -0.2) is 44.1 Å². The number of carbonyl (C=O) groups excluding carboxylic acids is 3. The Bertz CT molecular complexity index is 923. The van der Waals surface area contributed by atoms with Crippen LogP contribution in [0.2, 0.25) is 0 Å². The Labute approximate surface area is 200 Å². The van der Waals surface area contributed by atoms with Gasteiger partial charge in [0, 0.05) is 35.1 Å². The number of rotatable bonds is 14. The van der Waals surface area contributed by atoms with Crippen LogP contribution in [0, 0.1) is 0 Å². The molecule has 2 rings (SSSR count). The van der Waals surface area contributed by atoms with Gasteiger partial charge in [0.25, 0.3) is 0 Å². The quantitative estimate of drug-likeness (QED) is 0.173. The standard InChI is InChI=1S/C27H30O7/c1-19(2)26(29)33-17-5-15-31-23-11-7-21(8-12-23)25(28)22-9-13-24(14-10-22)32-16-6-18-34-27(30)20(3)4/h7-14H,1,3,5-6,15-18H2,2,4H3. The first kappa shape index (κ1) is 26.4. The van der Waals surface area contributed by atoms with Crippen molar-refractivity contribution in [2.45, 2.75) is 26.7 Å².